The molecule has 0 radical (unpaired) electrons. The average Bonchev–Trinajstić information content (AvgIpc) is 2.40. The molecule has 0 aliphatic carbocycles. The molecule has 0 fully saturated rings. The van der Waals surface area contributed by atoms with Crippen molar-refractivity contribution >= 4 is 11.6 Å². The Morgan fingerprint density at radius 3 is 2.53 bits per heavy atom. The van der Waals surface area contributed by atoms with Crippen LogP contribution < -0.4 is 5.73 Å². The largest absolute Gasteiger partial charge is 0.399 e. The second-order valence-electron chi connectivity index (χ2n) is 4.82. The normalized spacial score (nSPS) is 12.2. The Labute approximate surface area is 115 Å². The molecule has 0 aliphatic rings. The maximum Gasteiger partial charge on any atom is 0.223 e. The Bertz CT molecular complexity index is 390. The van der Waals surface area contributed by atoms with Gasteiger partial charge in [-0.15, -0.1) is 0 Å². The molecular weight excluding hydrogens is 240 g/mol. The second kappa shape index (κ2) is 7.79. The number of hydrogen-bond acceptors (Lipinski definition) is 3. The van der Waals surface area contributed by atoms with Crippen LogP contribution in [0.1, 0.15) is 38.2 Å². The van der Waals surface area contributed by atoms with E-state index in [1.165, 1.54) is 0 Å². The van der Waals surface area contributed by atoms with Crippen LogP contribution in [0.5, 0.6) is 0 Å². The number of hydrogen-bond donors (Lipinski definition) is 2. The van der Waals surface area contributed by atoms with E-state index < -0.39 is 0 Å². The summed E-state index contributed by atoms with van der Waals surface area (Å²) in [6, 6.07) is 7.66. The number of carbonyl (C=O) groups excluding carboxylic acids is 1. The highest BCUT2D eigenvalue weighted by Crippen LogP contribution is 2.21. The van der Waals surface area contributed by atoms with E-state index in [1.54, 1.807) is 4.90 Å². The number of nitrogens with zero attached hydrogens (tertiary/aromatic N) is 1. The van der Waals surface area contributed by atoms with Gasteiger partial charge in [-0.05, 0) is 37.0 Å². The standard InChI is InChI=1S/C15H24N2O2/c1-3-17(9-4-10-18)15(19)11-12(2)13-5-7-14(16)8-6-13/h5-8,12,18H,3-4,9-11,16H2,1-2H3. The monoisotopic (exact) mass is 264 g/mol. The van der Waals surface area contributed by atoms with E-state index in [2.05, 4.69) is 0 Å². The van der Waals surface area contributed by atoms with Crippen molar-refractivity contribution in [1.82, 2.24) is 4.90 Å². The fourth-order valence-electron chi connectivity index (χ4n) is 2.05. The van der Waals surface area contributed by atoms with Gasteiger partial charge < -0.3 is 15.7 Å². The van der Waals surface area contributed by atoms with E-state index in [0.717, 1.165) is 11.3 Å². The Morgan fingerprint density at radius 2 is 2.00 bits per heavy atom. The zero-order valence-corrected chi connectivity index (χ0v) is 11.8. The third-order valence-corrected chi connectivity index (χ3v) is 3.31. The topological polar surface area (TPSA) is 66.6 Å². The van der Waals surface area contributed by atoms with Crippen molar-refractivity contribution in [3.05, 3.63) is 29.8 Å². The maximum atomic E-state index is 12.2. The molecule has 0 aromatic heterocycles. The summed E-state index contributed by atoms with van der Waals surface area (Å²) in [5.41, 5.74) is 7.52. The predicted molar refractivity (Wildman–Crippen MR) is 77.8 cm³/mol. The highest BCUT2D eigenvalue weighted by atomic mass is 16.3. The lowest BCUT2D eigenvalue weighted by Gasteiger charge is -2.22. The van der Waals surface area contributed by atoms with Crippen molar-refractivity contribution < 1.29 is 9.90 Å². The first-order valence-electron chi connectivity index (χ1n) is 6.82. The van der Waals surface area contributed by atoms with Gasteiger partial charge in [0.05, 0.1) is 0 Å². The summed E-state index contributed by atoms with van der Waals surface area (Å²) in [6.07, 6.45) is 1.12. The van der Waals surface area contributed by atoms with Gasteiger partial charge in [0.2, 0.25) is 5.91 Å². The van der Waals surface area contributed by atoms with Crippen molar-refractivity contribution in [3.63, 3.8) is 0 Å². The van der Waals surface area contributed by atoms with Gasteiger partial charge >= 0.3 is 0 Å². The minimum absolute atomic E-state index is 0.122. The fraction of sp³-hybridized carbons (Fsp3) is 0.533. The van der Waals surface area contributed by atoms with E-state index in [1.807, 2.05) is 38.1 Å². The van der Waals surface area contributed by atoms with Gasteiger partial charge in [0, 0.05) is 31.8 Å². The van der Waals surface area contributed by atoms with E-state index in [9.17, 15) is 4.79 Å². The number of carbonyl (C=O) groups is 1. The highest BCUT2D eigenvalue weighted by Gasteiger charge is 2.16. The molecule has 3 N–H and O–H groups in total. The summed E-state index contributed by atoms with van der Waals surface area (Å²) >= 11 is 0. The second-order valence-corrected chi connectivity index (χ2v) is 4.82. The van der Waals surface area contributed by atoms with Gasteiger partial charge in [0.1, 0.15) is 0 Å². The molecule has 0 aliphatic heterocycles. The van der Waals surface area contributed by atoms with Crippen LogP contribution in [0.4, 0.5) is 5.69 Å². The molecule has 4 nitrogen and oxygen atoms in total. The molecule has 1 unspecified atom stereocenters. The van der Waals surface area contributed by atoms with Crippen LogP contribution in [0, 0.1) is 0 Å². The van der Waals surface area contributed by atoms with Crippen LogP contribution in [-0.2, 0) is 4.79 Å². The first-order valence-corrected chi connectivity index (χ1v) is 6.82. The van der Waals surface area contributed by atoms with E-state index in [0.29, 0.717) is 25.9 Å². The Balaban J connectivity index is 2.57. The quantitative estimate of drug-likeness (QED) is 0.740. The van der Waals surface area contributed by atoms with E-state index >= 15 is 0 Å². The van der Waals surface area contributed by atoms with E-state index in [-0.39, 0.29) is 18.4 Å². The summed E-state index contributed by atoms with van der Waals surface area (Å²) in [6.45, 7) is 5.44. The molecule has 1 rings (SSSR count). The molecule has 1 aromatic rings. The molecule has 4 heteroatoms. The van der Waals surface area contributed by atoms with Gasteiger partial charge in [0.25, 0.3) is 0 Å². The highest BCUT2D eigenvalue weighted by molar-refractivity contribution is 5.77. The summed E-state index contributed by atoms with van der Waals surface area (Å²) in [5.74, 6) is 0.316. The SMILES string of the molecule is CCN(CCCO)C(=O)CC(C)c1ccc(N)cc1. The first kappa shape index (κ1) is 15.5. The number of benzene rings is 1. The molecule has 0 bridgehead atoms. The first-order chi connectivity index (χ1) is 9.08. The zero-order chi connectivity index (χ0) is 14.3. The summed E-state index contributed by atoms with van der Waals surface area (Å²) in [7, 11) is 0. The number of anilines is 1. The lowest BCUT2D eigenvalue weighted by molar-refractivity contribution is -0.131. The molecule has 0 saturated heterocycles. The molecular formula is C15H24N2O2. The average molecular weight is 264 g/mol. The van der Waals surface area contributed by atoms with Crippen molar-refractivity contribution in [1.29, 1.82) is 0 Å². The van der Waals surface area contributed by atoms with Crippen LogP contribution >= 0.6 is 0 Å². The smallest absolute Gasteiger partial charge is 0.223 e. The molecule has 0 saturated carbocycles. The number of aliphatic hydroxyl groups is 1. The van der Waals surface area contributed by atoms with Crippen molar-refractivity contribution in [2.24, 2.45) is 0 Å². The number of nitrogen functional groups attached to an aromatic ring is 1. The minimum atomic E-state index is 0.122. The van der Waals surface area contributed by atoms with Crippen LogP contribution in [0.25, 0.3) is 0 Å². The van der Waals surface area contributed by atoms with Crippen molar-refractivity contribution in [3.8, 4) is 0 Å². The van der Waals surface area contributed by atoms with Crippen molar-refractivity contribution in [2.75, 3.05) is 25.4 Å². The molecule has 1 aromatic carbocycles. The number of rotatable bonds is 7. The van der Waals surface area contributed by atoms with Gasteiger partial charge in [-0.25, -0.2) is 0 Å². The number of nitrogens with two attached hydrogens (primary N) is 1. The van der Waals surface area contributed by atoms with Crippen LogP contribution in [-0.4, -0.2) is 35.6 Å². The fourth-order valence-corrected chi connectivity index (χ4v) is 2.05. The van der Waals surface area contributed by atoms with E-state index in [4.69, 9.17) is 10.8 Å². The number of amides is 1. The van der Waals surface area contributed by atoms with Gasteiger partial charge in [-0.2, -0.15) is 0 Å². The minimum Gasteiger partial charge on any atom is -0.399 e. The van der Waals surface area contributed by atoms with Gasteiger partial charge in [0.15, 0.2) is 0 Å². The lowest BCUT2D eigenvalue weighted by atomic mass is 9.97. The molecule has 0 spiro atoms. The number of aliphatic hydroxyl groups excluding tert-OH is 1. The zero-order valence-electron chi connectivity index (χ0n) is 11.8. The summed E-state index contributed by atoms with van der Waals surface area (Å²) < 4.78 is 0. The van der Waals surface area contributed by atoms with Crippen LogP contribution in [0.15, 0.2) is 24.3 Å². The Hall–Kier alpha value is -1.55. The predicted octanol–water partition coefficient (Wildman–Crippen LogP) is 1.99. The lowest BCUT2D eigenvalue weighted by Crippen LogP contribution is -2.32. The van der Waals surface area contributed by atoms with Gasteiger partial charge in [-0.3, -0.25) is 4.79 Å². The Kier molecular flexibility index (Phi) is 6.36. The summed E-state index contributed by atoms with van der Waals surface area (Å²) in [4.78, 5) is 13.9. The maximum absolute atomic E-state index is 12.2. The van der Waals surface area contributed by atoms with Crippen LogP contribution in [0.3, 0.4) is 0 Å². The van der Waals surface area contributed by atoms with Crippen LogP contribution in [0.2, 0.25) is 0 Å². The van der Waals surface area contributed by atoms with Crippen molar-refractivity contribution in [2.45, 2.75) is 32.6 Å². The molecule has 1 amide bonds. The molecule has 19 heavy (non-hydrogen) atoms. The third kappa shape index (κ3) is 4.91. The third-order valence-electron chi connectivity index (χ3n) is 3.31. The molecule has 1 atom stereocenters. The summed E-state index contributed by atoms with van der Waals surface area (Å²) in [5, 5.41) is 8.83. The van der Waals surface area contributed by atoms with Gasteiger partial charge in [-0.1, -0.05) is 19.1 Å². The molecule has 106 valence electrons. The Morgan fingerprint density at radius 1 is 1.37 bits per heavy atom. The molecule has 0 heterocycles.